The predicted octanol–water partition coefficient (Wildman–Crippen LogP) is 3.99. The number of benzene rings is 2. The van der Waals surface area contributed by atoms with Crippen LogP contribution in [0, 0.1) is 6.92 Å². The van der Waals surface area contributed by atoms with Gasteiger partial charge in [0.2, 0.25) is 0 Å². The molecule has 8 heteroatoms. The second-order valence-electron chi connectivity index (χ2n) is 8.06. The summed E-state index contributed by atoms with van der Waals surface area (Å²) in [5, 5.41) is 6.90. The molecule has 1 fully saturated rings. The maximum atomic E-state index is 12.5. The molecule has 1 N–H and O–H groups in total. The lowest BCUT2D eigenvalue weighted by Crippen LogP contribution is -2.33. The fraction of sp³-hybridized carbons (Fsp3) is 0.333. The molecule has 0 unspecified atom stereocenters. The third-order valence-corrected chi connectivity index (χ3v) is 5.53. The van der Waals surface area contributed by atoms with Gasteiger partial charge in [0, 0.05) is 49.9 Å². The molecule has 0 aliphatic carbocycles. The van der Waals surface area contributed by atoms with Crippen molar-refractivity contribution < 1.29 is 14.1 Å². The monoisotopic (exact) mass is 433 g/mol. The molecule has 2 heterocycles. The van der Waals surface area contributed by atoms with Crippen molar-refractivity contribution >= 4 is 17.6 Å². The van der Waals surface area contributed by atoms with E-state index in [-0.39, 0.29) is 11.9 Å². The van der Waals surface area contributed by atoms with Crippen LogP contribution < -0.4 is 5.32 Å². The summed E-state index contributed by atoms with van der Waals surface area (Å²) < 4.78 is 5.38. The average Bonchev–Trinajstić information content (AvgIpc) is 3.49. The molecule has 166 valence electrons. The summed E-state index contributed by atoms with van der Waals surface area (Å²) in [6.45, 7) is 4.07. The van der Waals surface area contributed by atoms with Crippen LogP contribution in [0.25, 0.3) is 11.5 Å². The number of likely N-dealkylation sites (N-methyl/N-ethyl adjacent to an activating group) is 1. The van der Waals surface area contributed by atoms with E-state index < -0.39 is 0 Å². The minimum absolute atomic E-state index is 0.0623. The summed E-state index contributed by atoms with van der Waals surface area (Å²) in [7, 11) is 1.72. The highest BCUT2D eigenvalue weighted by Gasteiger charge is 2.20. The highest BCUT2D eigenvalue weighted by atomic mass is 16.5. The maximum absolute atomic E-state index is 12.5. The van der Waals surface area contributed by atoms with Gasteiger partial charge in [0.15, 0.2) is 5.82 Å². The zero-order chi connectivity index (χ0) is 22.5. The first kappa shape index (κ1) is 21.5. The molecule has 32 heavy (non-hydrogen) atoms. The smallest absolute Gasteiger partial charge is 0.321 e. The van der Waals surface area contributed by atoms with E-state index in [2.05, 4.69) is 15.5 Å². The van der Waals surface area contributed by atoms with Gasteiger partial charge in [0.25, 0.3) is 11.8 Å². The van der Waals surface area contributed by atoms with Crippen molar-refractivity contribution in [2.75, 3.05) is 32.0 Å². The lowest BCUT2D eigenvalue weighted by Gasteiger charge is -2.17. The minimum Gasteiger partial charge on any atom is -0.339 e. The van der Waals surface area contributed by atoms with Crippen LogP contribution >= 0.6 is 0 Å². The molecule has 0 radical (unpaired) electrons. The maximum Gasteiger partial charge on any atom is 0.321 e. The summed E-state index contributed by atoms with van der Waals surface area (Å²) in [5.74, 6) is 0.978. The molecule has 0 bridgehead atoms. The number of nitrogens with one attached hydrogen (secondary N) is 1. The average molecular weight is 434 g/mol. The molecule has 0 saturated carbocycles. The van der Waals surface area contributed by atoms with Gasteiger partial charge in [-0.2, -0.15) is 4.98 Å². The van der Waals surface area contributed by atoms with Gasteiger partial charge in [0.1, 0.15) is 0 Å². The second kappa shape index (κ2) is 9.64. The minimum atomic E-state index is -0.197. The van der Waals surface area contributed by atoms with Crippen molar-refractivity contribution in [1.82, 2.24) is 19.9 Å². The lowest BCUT2D eigenvalue weighted by atomic mass is 10.1. The number of carbonyl (C=O) groups excluding carboxylic acids is 2. The van der Waals surface area contributed by atoms with Crippen LogP contribution in [-0.4, -0.2) is 58.6 Å². The van der Waals surface area contributed by atoms with Gasteiger partial charge in [0.05, 0.1) is 0 Å². The molecule has 1 aliphatic rings. The molecule has 2 aromatic carbocycles. The van der Waals surface area contributed by atoms with Crippen molar-refractivity contribution in [3.8, 4) is 11.5 Å². The number of hydrogen-bond acceptors (Lipinski definition) is 5. The third-order valence-electron chi connectivity index (χ3n) is 5.53. The molecule has 3 aromatic rings. The van der Waals surface area contributed by atoms with E-state index in [4.69, 9.17) is 4.52 Å². The van der Waals surface area contributed by atoms with Crippen molar-refractivity contribution in [3.05, 3.63) is 65.5 Å². The number of rotatable bonds is 6. The van der Waals surface area contributed by atoms with E-state index in [0.29, 0.717) is 30.2 Å². The SMILES string of the molecule is Cc1cccc(NC(=O)N(C)CCc2noc(-c3ccc(C(=O)N4CCCC4)cc3)n2)c1. The first-order valence-electron chi connectivity index (χ1n) is 10.8. The van der Waals surface area contributed by atoms with Crippen LogP contribution in [0.4, 0.5) is 10.5 Å². The summed E-state index contributed by atoms with van der Waals surface area (Å²) in [6, 6.07) is 14.7. The number of likely N-dealkylation sites (tertiary alicyclic amines) is 1. The number of nitrogens with zero attached hydrogens (tertiary/aromatic N) is 4. The Balaban J connectivity index is 1.31. The summed E-state index contributed by atoms with van der Waals surface area (Å²) >= 11 is 0. The normalized spacial score (nSPS) is 13.2. The van der Waals surface area contributed by atoms with Crippen molar-refractivity contribution in [2.24, 2.45) is 0 Å². The fourth-order valence-corrected chi connectivity index (χ4v) is 3.64. The highest BCUT2D eigenvalue weighted by Crippen LogP contribution is 2.20. The van der Waals surface area contributed by atoms with Crippen LogP contribution in [0.2, 0.25) is 0 Å². The molecule has 0 spiro atoms. The molecule has 1 aromatic heterocycles. The molecular formula is C24H27N5O3. The van der Waals surface area contributed by atoms with Crippen LogP contribution in [0.5, 0.6) is 0 Å². The fourth-order valence-electron chi connectivity index (χ4n) is 3.64. The van der Waals surface area contributed by atoms with Crippen molar-refractivity contribution in [3.63, 3.8) is 0 Å². The summed E-state index contributed by atoms with van der Waals surface area (Å²) in [6.07, 6.45) is 2.60. The molecule has 1 aliphatic heterocycles. The molecule has 8 nitrogen and oxygen atoms in total. The van der Waals surface area contributed by atoms with E-state index in [9.17, 15) is 9.59 Å². The molecule has 4 rings (SSSR count). The van der Waals surface area contributed by atoms with Crippen LogP contribution in [0.1, 0.15) is 34.6 Å². The number of carbonyl (C=O) groups is 2. The van der Waals surface area contributed by atoms with Gasteiger partial charge >= 0.3 is 6.03 Å². The van der Waals surface area contributed by atoms with Crippen LogP contribution in [-0.2, 0) is 6.42 Å². The van der Waals surface area contributed by atoms with Gasteiger partial charge in [-0.05, 0) is 61.7 Å². The Morgan fingerprint density at radius 1 is 1.12 bits per heavy atom. The Labute approximate surface area is 187 Å². The van der Waals surface area contributed by atoms with Gasteiger partial charge in [-0.25, -0.2) is 4.79 Å². The number of amides is 3. The van der Waals surface area contributed by atoms with Gasteiger partial charge < -0.3 is 19.6 Å². The quantitative estimate of drug-likeness (QED) is 0.635. The van der Waals surface area contributed by atoms with Crippen LogP contribution in [0.15, 0.2) is 53.1 Å². The summed E-state index contributed by atoms with van der Waals surface area (Å²) in [5.41, 5.74) is 3.26. The van der Waals surface area contributed by atoms with Crippen molar-refractivity contribution in [1.29, 1.82) is 0 Å². The predicted molar refractivity (Wildman–Crippen MR) is 121 cm³/mol. The largest absolute Gasteiger partial charge is 0.339 e. The molecule has 3 amide bonds. The first-order valence-corrected chi connectivity index (χ1v) is 10.8. The highest BCUT2D eigenvalue weighted by molar-refractivity contribution is 5.94. The molecule has 1 saturated heterocycles. The molecular weight excluding hydrogens is 406 g/mol. The Morgan fingerprint density at radius 3 is 2.59 bits per heavy atom. The van der Waals surface area contributed by atoms with Gasteiger partial charge in [-0.15, -0.1) is 0 Å². The number of anilines is 1. The topological polar surface area (TPSA) is 91.6 Å². The van der Waals surface area contributed by atoms with E-state index in [1.54, 1.807) is 24.1 Å². The van der Waals surface area contributed by atoms with Gasteiger partial charge in [-0.1, -0.05) is 17.3 Å². The second-order valence-corrected chi connectivity index (χ2v) is 8.06. The van der Waals surface area contributed by atoms with E-state index in [0.717, 1.165) is 42.7 Å². The first-order chi connectivity index (χ1) is 15.5. The zero-order valence-electron chi connectivity index (χ0n) is 18.4. The number of aryl methyl sites for hydroxylation is 1. The van der Waals surface area contributed by atoms with Crippen molar-refractivity contribution in [2.45, 2.75) is 26.2 Å². The zero-order valence-corrected chi connectivity index (χ0v) is 18.4. The standard InChI is InChI=1S/C24H27N5O3/c1-17-6-5-7-20(16-17)25-24(31)28(2)15-12-21-26-22(32-27-21)18-8-10-19(11-9-18)23(30)29-13-3-4-14-29/h5-11,16H,3-4,12-15H2,1-2H3,(H,25,31). The number of aromatic nitrogens is 2. The Morgan fingerprint density at radius 2 is 1.88 bits per heavy atom. The third kappa shape index (κ3) is 5.14. The summed E-state index contributed by atoms with van der Waals surface area (Å²) in [4.78, 5) is 32.7. The van der Waals surface area contributed by atoms with Gasteiger partial charge in [-0.3, -0.25) is 4.79 Å². The number of urea groups is 1. The number of hydrogen-bond donors (Lipinski definition) is 1. The Hall–Kier alpha value is -3.68. The van der Waals surface area contributed by atoms with E-state index >= 15 is 0 Å². The van der Waals surface area contributed by atoms with E-state index in [1.807, 2.05) is 48.2 Å². The lowest BCUT2D eigenvalue weighted by molar-refractivity contribution is 0.0793. The van der Waals surface area contributed by atoms with Crippen LogP contribution in [0.3, 0.4) is 0 Å². The Kier molecular flexibility index (Phi) is 6.49. The molecule has 0 atom stereocenters. The Bertz CT molecular complexity index is 1090. The van der Waals surface area contributed by atoms with E-state index in [1.165, 1.54) is 0 Å².